The fourth-order valence-electron chi connectivity index (χ4n) is 3.22. The largest absolute Gasteiger partial charge is 0.508 e. The van der Waals surface area contributed by atoms with Crippen LogP contribution in [0, 0.1) is 0 Å². The quantitative estimate of drug-likeness (QED) is 0.255. The number of aryl methyl sites for hydroxylation is 1. The zero-order chi connectivity index (χ0) is 19.0. The zero-order valence-electron chi connectivity index (χ0n) is 16.5. The van der Waals surface area contributed by atoms with Gasteiger partial charge in [-0.2, -0.15) is 0 Å². The van der Waals surface area contributed by atoms with Gasteiger partial charge in [-0.05, 0) is 56.2 Å². The number of benzene rings is 1. The van der Waals surface area contributed by atoms with Crippen LogP contribution in [0.4, 0.5) is 0 Å². The molecule has 3 N–H and O–H groups in total. The summed E-state index contributed by atoms with van der Waals surface area (Å²) in [7, 11) is 0. The van der Waals surface area contributed by atoms with E-state index in [9.17, 15) is 15.3 Å². The molecule has 0 aromatic heterocycles. The highest BCUT2D eigenvalue weighted by atomic mass is 16.3. The van der Waals surface area contributed by atoms with Gasteiger partial charge >= 0.3 is 0 Å². The van der Waals surface area contributed by atoms with Crippen LogP contribution in [0.3, 0.4) is 0 Å². The predicted molar refractivity (Wildman–Crippen MR) is 110 cm³/mol. The number of unbranched alkanes of at least 4 members (excludes halogenated alkanes) is 8. The summed E-state index contributed by atoms with van der Waals surface area (Å²) in [6.07, 6.45) is 18.7. The van der Waals surface area contributed by atoms with Gasteiger partial charge in [-0.15, -0.1) is 0 Å². The van der Waals surface area contributed by atoms with Crippen molar-refractivity contribution in [3.8, 4) is 11.5 Å². The van der Waals surface area contributed by atoms with Crippen LogP contribution in [0.15, 0.2) is 30.4 Å². The van der Waals surface area contributed by atoms with E-state index < -0.39 is 0 Å². The molecule has 26 heavy (non-hydrogen) atoms. The number of phenols is 2. The summed E-state index contributed by atoms with van der Waals surface area (Å²) in [5.74, 6) is 0.274. The van der Waals surface area contributed by atoms with E-state index in [4.69, 9.17) is 0 Å². The van der Waals surface area contributed by atoms with E-state index in [1.54, 1.807) is 12.1 Å². The second-order valence-corrected chi connectivity index (χ2v) is 7.37. The summed E-state index contributed by atoms with van der Waals surface area (Å²) < 4.78 is 0. The number of aliphatic hydroxyl groups is 1. The monoisotopic (exact) mass is 362 g/mol. The van der Waals surface area contributed by atoms with Crippen LogP contribution in [0.1, 0.15) is 89.5 Å². The molecule has 0 saturated heterocycles. The van der Waals surface area contributed by atoms with E-state index in [1.807, 2.05) is 0 Å². The molecule has 1 aromatic carbocycles. The fraction of sp³-hybridized carbons (Fsp3) is 0.652. The lowest BCUT2D eigenvalue weighted by Crippen LogP contribution is -2.04. The number of phenolic OH excluding ortho intramolecular Hbond substituents is 2. The van der Waals surface area contributed by atoms with Crippen molar-refractivity contribution in [1.29, 1.82) is 0 Å². The van der Waals surface area contributed by atoms with Crippen molar-refractivity contribution in [2.24, 2.45) is 0 Å². The highest BCUT2D eigenvalue weighted by molar-refractivity contribution is 5.36. The smallest absolute Gasteiger partial charge is 0.119 e. The molecule has 1 rings (SSSR count). The predicted octanol–water partition coefficient (Wildman–Crippen LogP) is 6.26. The number of aliphatic hydroxyl groups excluding tert-OH is 1. The van der Waals surface area contributed by atoms with Crippen LogP contribution in [-0.4, -0.2) is 21.4 Å². The molecule has 0 unspecified atom stereocenters. The van der Waals surface area contributed by atoms with Crippen molar-refractivity contribution in [2.75, 3.05) is 0 Å². The Morgan fingerprint density at radius 1 is 0.808 bits per heavy atom. The Hall–Kier alpha value is -1.48. The molecule has 0 radical (unpaired) electrons. The van der Waals surface area contributed by atoms with Crippen LogP contribution in [0.25, 0.3) is 0 Å². The van der Waals surface area contributed by atoms with Crippen molar-refractivity contribution >= 4 is 0 Å². The van der Waals surface area contributed by atoms with Crippen LogP contribution in [0.2, 0.25) is 0 Å². The first-order valence-corrected chi connectivity index (χ1v) is 10.5. The molecule has 0 aliphatic heterocycles. The third-order valence-corrected chi connectivity index (χ3v) is 4.76. The second-order valence-electron chi connectivity index (χ2n) is 7.37. The van der Waals surface area contributed by atoms with E-state index >= 15 is 0 Å². The van der Waals surface area contributed by atoms with Crippen LogP contribution in [-0.2, 0) is 6.42 Å². The van der Waals surface area contributed by atoms with Crippen LogP contribution < -0.4 is 0 Å². The van der Waals surface area contributed by atoms with Crippen LogP contribution in [0.5, 0.6) is 11.5 Å². The van der Waals surface area contributed by atoms with E-state index in [0.717, 1.165) is 44.1 Å². The lowest BCUT2D eigenvalue weighted by molar-refractivity contribution is 0.163. The standard InChI is InChI=1S/C23H38O3/c1-2-3-4-12-15-21(24)16-13-10-8-6-5-7-9-11-14-20-17-22(25)19-23(26)18-20/h10,13,17-19,21,24-26H,2-9,11-12,14-16H2,1H3/t21-/m0/s1. The third-order valence-electron chi connectivity index (χ3n) is 4.76. The molecule has 1 aromatic rings. The molecular weight excluding hydrogens is 324 g/mol. The van der Waals surface area contributed by atoms with E-state index in [2.05, 4.69) is 19.1 Å². The Labute approximate surface area is 159 Å². The highest BCUT2D eigenvalue weighted by Crippen LogP contribution is 2.22. The summed E-state index contributed by atoms with van der Waals surface area (Å²) in [5.41, 5.74) is 0.999. The van der Waals surface area contributed by atoms with Gasteiger partial charge in [-0.3, -0.25) is 0 Å². The normalized spacial score (nSPS) is 12.7. The molecule has 0 bridgehead atoms. The van der Waals surface area contributed by atoms with Gasteiger partial charge in [0.05, 0.1) is 6.10 Å². The second kappa shape index (κ2) is 14.7. The van der Waals surface area contributed by atoms with Gasteiger partial charge in [0.25, 0.3) is 0 Å². The zero-order valence-corrected chi connectivity index (χ0v) is 16.5. The van der Waals surface area contributed by atoms with E-state index in [-0.39, 0.29) is 17.6 Å². The minimum absolute atomic E-state index is 0.137. The molecule has 3 heteroatoms. The Morgan fingerprint density at radius 3 is 2.19 bits per heavy atom. The maximum Gasteiger partial charge on any atom is 0.119 e. The highest BCUT2D eigenvalue weighted by Gasteiger charge is 2.01. The first kappa shape index (κ1) is 22.6. The number of hydrogen-bond donors (Lipinski definition) is 3. The minimum atomic E-state index is -0.167. The average Bonchev–Trinajstić information content (AvgIpc) is 2.59. The first-order chi connectivity index (χ1) is 12.6. The summed E-state index contributed by atoms with van der Waals surface area (Å²) in [4.78, 5) is 0. The topological polar surface area (TPSA) is 60.7 Å². The molecule has 0 fully saturated rings. The number of rotatable bonds is 15. The SMILES string of the molecule is CCCCCC[C@H](O)CC=CCCCCCCCc1cc(O)cc(O)c1. The molecule has 0 spiro atoms. The summed E-state index contributed by atoms with van der Waals surface area (Å²) in [6, 6.07) is 4.81. The van der Waals surface area contributed by atoms with Gasteiger partial charge < -0.3 is 15.3 Å². The average molecular weight is 363 g/mol. The Morgan fingerprint density at radius 2 is 1.46 bits per heavy atom. The number of hydrogen-bond acceptors (Lipinski definition) is 3. The molecule has 0 amide bonds. The molecule has 1 atom stereocenters. The lowest BCUT2D eigenvalue weighted by atomic mass is 10.0. The summed E-state index contributed by atoms with van der Waals surface area (Å²) >= 11 is 0. The van der Waals surface area contributed by atoms with Crippen molar-refractivity contribution in [1.82, 2.24) is 0 Å². The maximum atomic E-state index is 9.89. The van der Waals surface area contributed by atoms with Crippen molar-refractivity contribution in [2.45, 2.75) is 96.5 Å². The Bertz CT molecular complexity index is 476. The summed E-state index contributed by atoms with van der Waals surface area (Å²) in [5, 5.41) is 28.8. The molecule has 0 saturated carbocycles. The summed E-state index contributed by atoms with van der Waals surface area (Å²) in [6.45, 7) is 2.21. The molecule has 148 valence electrons. The van der Waals surface area contributed by atoms with Crippen molar-refractivity contribution in [3.63, 3.8) is 0 Å². The molecule has 0 heterocycles. The van der Waals surface area contributed by atoms with E-state index in [1.165, 1.54) is 51.0 Å². The fourth-order valence-corrected chi connectivity index (χ4v) is 3.22. The third kappa shape index (κ3) is 12.0. The maximum absolute atomic E-state index is 9.89. The van der Waals surface area contributed by atoms with Crippen molar-refractivity contribution < 1.29 is 15.3 Å². The van der Waals surface area contributed by atoms with Crippen LogP contribution >= 0.6 is 0 Å². The van der Waals surface area contributed by atoms with Gasteiger partial charge in [-0.1, -0.05) is 64.0 Å². The van der Waals surface area contributed by atoms with Gasteiger partial charge in [0.15, 0.2) is 0 Å². The number of allylic oxidation sites excluding steroid dienone is 1. The van der Waals surface area contributed by atoms with Gasteiger partial charge in [-0.25, -0.2) is 0 Å². The van der Waals surface area contributed by atoms with Gasteiger partial charge in [0.1, 0.15) is 11.5 Å². The molecule has 0 aliphatic carbocycles. The lowest BCUT2D eigenvalue weighted by Gasteiger charge is -2.07. The Balaban J connectivity index is 1.94. The first-order valence-electron chi connectivity index (χ1n) is 10.5. The molecule has 0 aliphatic rings. The molecule has 3 nitrogen and oxygen atoms in total. The minimum Gasteiger partial charge on any atom is -0.508 e. The Kier molecular flexibility index (Phi) is 12.7. The van der Waals surface area contributed by atoms with Gasteiger partial charge in [0, 0.05) is 6.07 Å². The number of aromatic hydroxyl groups is 2. The van der Waals surface area contributed by atoms with Gasteiger partial charge in [0.2, 0.25) is 0 Å². The molecular formula is C23H38O3. The van der Waals surface area contributed by atoms with Crippen molar-refractivity contribution in [3.05, 3.63) is 35.9 Å². The van der Waals surface area contributed by atoms with E-state index in [0.29, 0.717) is 0 Å².